The molecule has 3 heterocycles. The molecule has 1 atom stereocenters. The van der Waals surface area contributed by atoms with Crippen LogP contribution in [0.5, 0.6) is 0 Å². The molecule has 7 nitrogen and oxygen atoms in total. The smallest absolute Gasteiger partial charge is 0.247 e. The number of amides is 1. The second-order valence-corrected chi connectivity index (χ2v) is 7.05. The van der Waals surface area contributed by atoms with Crippen LogP contribution in [0.2, 0.25) is 0 Å². The Bertz CT molecular complexity index is 963. The van der Waals surface area contributed by atoms with E-state index < -0.39 is 5.41 Å². The molecule has 7 heteroatoms. The number of rotatable bonds is 5. The normalized spacial score (nSPS) is 21.8. The third-order valence-corrected chi connectivity index (χ3v) is 5.25. The van der Waals surface area contributed by atoms with Gasteiger partial charge in [-0.25, -0.2) is 9.97 Å². The van der Waals surface area contributed by atoms with Crippen LogP contribution in [0.3, 0.4) is 0 Å². The van der Waals surface area contributed by atoms with Gasteiger partial charge in [0.15, 0.2) is 5.78 Å². The molecule has 2 aliphatic rings. The van der Waals surface area contributed by atoms with Crippen molar-refractivity contribution >= 4 is 29.0 Å². The van der Waals surface area contributed by atoms with E-state index >= 15 is 0 Å². The summed E-state index contributed by atoms with van der Waals surface area (Å²) in [6, 6.07) is 11.0. The number of Topliss-reactive ketones (excluding diaryl/α,β-unsaturated/α-hetero) is 1. The molecule has 0 unspecified atom stereocenters. The van der Waals surface area contributed by atoms with Crippen LogP contribution in [0.4, 0.5) is 17.3 Å². The van der Waals surface area contributed by atoms with E-state index in [1.54, 1.807) is 41.4 Å². The number of hydrogen-bond donors (Lipinski definition) is 1. The first kappa shape index (κ1) is 17.2. The van der Waals surface area contributed by atoms with E-state index in [1.165, 1.54) is 6.92 Å². The molecule has 27 heavy (non-hydrogen) atoms. The molecule has 1 aliphatic heterocycles. The van der Waals surface area contributed by atoms with E-state index in [-0.39, 0.29) is 17.6 Å². The van der Waals surface area contributed by atoms with Crippen molar-refractivity contribution < 1.29 is 9.59 Å². The zero-order valence-electron chi connectivity index (χ0n) is 15.0. The molecule has 1 N–H and O–H groups in total. The Labute approximate surface area is 157 Å². The van der Waals surface area contributed by atoms with Crippen LogP contribution in [-0.2, 0) is 4.79 Å². The molecule has 1 aliphatic carbocycles. The van der Waals surface area contributed by atoms with Crippen molar-refractivity contribution in [3.8, 4) is 6.07 Å². The van der Waals surface area contributed by atoms with Crippen molar-refractivity contribution in [2.45, 2.75) is 26.2 Å². The van der Waals surface area contributed by atoms with Crippen molar-refractivity contribution in [2.75, 3.05) is 16.8 Å². The second-order valence-electron chi connectivity index (χ2n) is 7.05. The highest BCUT2D eigenvalue weighted by Crippen LogP contribution is 2.51. The fourth-order valence-corrected chi connectivity index (χ4v) is 3.62. The van der Waals surface area contributed by atoms with Gasteiger partial charge in [0.25, 0.3) is 0 Å². The van der Waals surface area contributed by atoms with Crippen LogP contribution in [0.15, 0.2) is 36.5 Å². The summed E-state index contributed by atoms with van der Waals surface area (Å²) in [5.74, 6) is 0.995. The third kappa shape index (κ3) is 3.04. The molecule has 2 aromatic heterocycles. The van der Waals surface area contributed by atoms with Gasteiger partial charge in [0.2, 0.25) is 5.91 Å². The highest BCUT2D eigenvalue weighted by atomic mass is 16.2. The molecular weight excluding hydrogens is 342 g/mol. The van der Waals surface area contributed by atoms with Gasteiger partial charge in [0.05, 0.1) is 6.07 Å². The zero-order valence-corrected chi connectivity index (χ0v) is 15.0. The number of ketones is 1. The van der Waals surface area contributed by atoms with Crippen LogP contribution in [-0.4, -0.2) is 28.2 Å². The lowest BCUT2D eigenvalue weighted by Crippen LogP contribution is -2.35. The Kier molecular flexibility index (Phi) is 4.11. The monoisotopic (exact) mass is 361 g/mol. The molecule has 0 bridgehead atoms. The Morgan fingerprint density at radius 2 is 2.15 bits per heavy atom. The minimum atomic E-state index is -0.867. The lowest BCUT2D eigenvalue weighted by atomic mass is 9.83. The van der Waals surface area contributed by atoms with E-state index in [4.69, 9.17) is 0 Å². The number of nitriles is 1. The summed E-state index contributed by atoms with van der Waals surface area (Å²) in [5.41, 5.74) is 0.209. The summed E-state index contributed by atoms with van der Waals surface area (Å²) >= 11 is 0. The van der Waals surface area contributed by atoms with Crippen LogP contribution in [0, 0.1) is 22.7 Å². The predicted molar refractivity (Wildman–Crippen MR) is 99.5 cm³/mol. The maximum atomic E-state index is 12.9. The van der Waals surface area contributed by atoms with Crippen molar-refractivity contribution in [3.63, 3.8) is 0 Å². The first-order valence-electron chi connectivity index (χ1n) is 8.98. The predicted octanol–water partition coefficient (Wildman–Crippen LogP) is 3.08. The summed E-state index contributed by atoms with van der Waals surface area (Å²) in [6.45, 7) is 2.00. The Morgan fingerprint density at radius 3 is 2.85 bits per heavy atom. The molecule has 1 saturated heterocycles. The summed E-state index contributed by atoms with van der Waals surface area (Å²) < 4.78 is 0. The quantitative estimate of drug-likeness (QED) is 0.822. The summed E-state index contributed by atoms with van der Waals surface area (Å²) in [6.07, 6.45) is 4.09. The molecule has 136 valence electrons. The Hall–Kier alpha value is -3.27. The minimum Gasteiger partial charge on any atom is -0.325 e. The van der Waals surface area contributed by atoms with E-state index in [9.17, 15) is 14.9 Å². The zero-order chi connectivity index (χ0) is 19.0. The van der Waals surface area contributed by atoms with Crippen LogP contribution >= 0.6 is 0 Å². The van der Waals surface area contributed by atoms with Gasteiger partial charge in [-0.05, 0) is 43.4 Å². The minimum absolute atomic E-state index is 0.110. The first-order chi connectivity index (χ1) is 13.0. The van der Waals surface area contributed by atoms with E-state index in [0.717, 1.165) is 12.8 Å². The van der Waals surface area contributed by atoms with Gasteiger partial charge in [0, 0.05) is 31.4 Å². The molecular formula is C20H19N5O2. The maximum Gasteiger partial charge on any atom is 0.247 e. The largest absolute Gasteiger partial charge is 0.325 e. The van der Waals surface area contributed by atoms with Gasteiger partial charge in [-0.15, -0.1) is 0 Å². The fourth-order valence-electron chi connectivity index (χ4n) is 3.62. The molecule has 0 aromatic carbocycles. The number of nitrogens with zero attached hydrogens (tertiary/aromatic N) is 4. The molecule has 1 saturated carbocycles. The molecule has 0 radical (unpaired) electrons. The molecule has 0 spiro atoms. The highest BCUT2D eigenvalue weighted by molar-refractivity contribution is 6.02. The van der Waals surface area contributed by atoms with Gasteiger partial charge < -0.3 is 10.2 Å². The van der Waals surface area contributed by atoms with Crippen LogP contribution in [0.25, 0.3) is 0 Å². The Morgan fingerprint density at radius 1 is 1.33 bits per heavy atom. The van der Waals surface area contributed by atoms with Crippen molar-refractivity contribution in [1.82, 2.24) is 9.97 Å². The number of nitrogens with one attached hydrogen (secondary N) is 1. The van der Waals surface area contributed by atoms with Gasteiger partial charge in [-0.2, -0.15) is 5.26 Å². The fraction of sp³-hybridized carbons (Fsp3) is 0.350. The number of hydrogen-bond acceptors (Lipinski definition) is 6. The molecule has 4 rings (SSSR count). The molecule has 2 aromatic rings. The lowest BCUT2D eigenvalue weighted by Gasteiger charge is -2.21. The average molecular weight is 361 g/mol. The van der Waals surface area contributed by atoms with E-state index in [2.05, 4.69) is 21.4 Å². The van der Waals surface area contributed by atoms with E-state index in [0.29, 0.717) is 36.0 Å². The Balaban J connectivity index is 1.57. The SMILES string of the molecule is CC(=O)c1cccc(Nc2cc(N3CC[C@@](C#N)(C4CC4)C3=O)ccn2)n1. The highest BCUT2D eigenvalue weighted by Gasteiger charge is 2.56. The van der Waals surface area contributed by atoms with Gasteiger partial charge in [-0.3, -0.25) is 9.59 Å². The second kappa shape index (κ2) is 6.47. The van der Waals surface area contributed by atoms with Crippen molar-refractivity contribution in [3.05, 3.63) is 42.2 Å². The summed E-state index contributed by atoms with van der Waals surface area (Å²) in [4.78, 5) is 34.6. The van der Waals surface area contributed by atoms with Gasteiger partial charge >= 0.3 is 0 Å². The van der Waals surface area contributed by atoms with Gasteiger partial charge in [-0.1, -0.05) is 6.07 Å². The van der Waals surface area contributed by atoms with Crippen LogP contribution < -0.4 is 10.2 Å². The molecule has 1 amide bonds. The lowest BCUT2D eigenvalue weighted by molar-refractivity contribution is -0.123. The summed E-state index contributed by atoms with van der Waals surface area (Å²) in [5, 5.41) is 12.7. The van der Waals surface area contributed by atoms with E-state index in [1.807, 2.05) is 0 Å². The van der Waals surface area contributed by atoms with Crippen LogP contribution in [0.1, 0.15) is 36.7 Å². The summed E-state index contributed by atoms with van der Waals surface area (Å²) in [7, 11) is 0. The topological polar surface area (TPSA) is 99.0 Å². The standard InChI is InChI=1S/C20H19N5O2/c1-13(26)16-3-2-4-17(23-16)24-18-11-15(7-9-22-18)25-10-8-20(12-21,19(25)27)14-5-6-14/h2-4,7,9,11,14H,5-6,8,10H2,1H3,(H,22,23,24)/t20-/m1/s1. The number of aromatic nitrogens is 2. The maximum absolute atomic E-state index is 12.9. The first-order valence-corrected chi connectivity index (χ1v) is 8.98. The van der Waals surface area contributed by atoms with Gasteiger partial charge in [0.1, 0.15) is 22.7 Å². The number of pyridine rings is 2. The number of carbonyl (C=O) groups excluding carboxylic acids is 2. The average Bonchev–Trinajstić information content (AvgIpc) is 3.46. The molecule has 2 fully saturated rings. The van der Waals surface area contributed by atoms with Crippen molar-refractivity contribution in [2.24, 2.45) is 11.3 Å². The van der Waals surface area contributed by atoms with Crippen molar-refractivity contribution in [1.29, 1.82) is 5.26 Å². The number of carbonyl (C=O) groups is 2. The third-order valence-electron chi connectivity index (χ3n) is 5.25. The number of anilines is 3.